The van der Waals surface area contributed by atoms with Crippen molar-refractivity contribution in [3.8, 4) is 0 Å². The Labute approximate surface area is 113 Å². The van der Waals surface area contributed by atoms with Crippen LogP contribution in [0.15, 0.2) is 5.51 Å². The Morgan fingerprint density at radius 3 is 2.89 bits per heavy atom. The predicted octanol–water partition coefficient (Wildman–Crippen LogP) is 1.39. The van der Waals surface area contributed by atoms with E-state index in [-0.39, 0.29) is 5.92 Å². The lowest BCUT2D eigenvalue weighted by atomic mass is 9.88. The summed E-state index contributed by atoms with van der Waals surface area (Å²) < 4.78 is 23.0. The molecule has 0 spiro atoms. The molecule has 0 aromatic carbocycles. The zero-order valence-corrected chi connectivity index (χ0v) is 12.3. The lowest BCUT2D eigenvalue weighted by Crippen LogP contribution is -2.25. The van der Waals surface area contributed by atoms with Crippen LogP contribution in [0.3, 0.4) is 0 Å². The number of nitrogens with zero attached hydrogens (tertiary/aromatic N) is 1. The standard InChI is InChI=1S/C12H20N2O2S2/c1-9-12(17-8-14-9)3-2-10(6-13)11-4-5-18(15,16)7-11/h8,10-11H,2-7,13H2,1H3. The fourth-order valence-corrected chi connectivity index (χ4v) is 5.34. The van der Waals surface area contributed by atoms with Gasteiger partial charge in [0.25, 0.3) is 0 Å². The Bertz CT molecular complexity index is 496. The summed E-state index contributed by atoms with van der Waals surface area (Å²) in [5.41, 5.74) is 8.77. The van der Waals surface area contributed by atoms with Crippen molar-refractivity contribution >= 4 is 21.2 Å². The summed E-state index contributed by atoms with van der Waals surface area (Å²) in [4.78, 5) is 5.53. The highest BCUT2D eigenvalue weighted by molar-refractivity contribution is 7.91. The van der Waals surface area contributed by atoms with Crippen molar-refractivity contribution < 1.29 is 8.42 Å². The predicted molar refractivity (Wildman–Crippen MR) is 74.5 cm³/mol. The van der Waals surface area contributed by atoms with Crippen LogP contribution in [0.5, 0.6) is 0 Å². The average Bonchev–Trinajstić information content (AvgIpc) is 2.87. The fourth-order valence-electron chi connectivity index (χ4n) is 2.62. The molecule has 1 aromatic rings. The lowest BCUT2D eigenvalue weighted by molar-refractivity contribution is 0.351. The minimum absolute atomic E-state index is 0.258. The number of thiazole rings is 1. The highest BCUT2D eigenvalue weighted by Gasteiger charge is 2.32. The van der Waals surface area contributed by atoms with E-state index in [4.69, 9.17) is 5.73 Å². The van der Waals surface area contributed by atoms with Gasteiger partial charge in [-0.05, 0) is 44.6 Å². The molecule has 102 valence electrons. The normalized spacial score (nSPS) is 24.2. The molecule has 0 saturated carbocycles. The van der Waals surface area contributed by atoms with Gasteiger partial charge in [-0.25, -0.2) is 13.4 Å². The number of aryl methyl sites for hydroxylation is 2. The molecule has 1 fully saturated rings. The first-order chi connectivity index (χ1) is 8.52. The van der Waals surface area contributed by atoms with Crippen LogP contribution >= 0.6 is 11.3 Å². The molecule has 0 bridgehead atoms. The second-order valence-corrected chi connectivity index (χ2v) is 8.23. The highest BCUT2D eigenvalue weighted by Crippen LogP contribution is 2.29. The molecular formula is C12H20N2O2S2. The topological polar surface area (TPSA) is 73.0 Å². The molecular weight excluding hydrogens is 268 g/mol. The van der Waals surface area contributed by atoms with Gasteiger partial charge in [-0.2, -0.15) is 0 Å². The third kappa shape index (κ3) is 3.30. The molecule has 0 radical (unpaired) electrons. The van der Waals surface area contributed by atoms with Gasteiger partial charge in [0.2, 0.25) is 0 Å². The van der Waals surface area contributed by atoms with E-state index in [0.717, 1.165) is 25.0 Å². The van der Waals surface area contributed by atoms with Gasteiger partial charge in [0.1, 0.15) is 0 Å². The highest BCUT2D eigenvalue weighted by atomic mass is 32.2. The minimum atomic E-state index is -2.80. The van der Waals surface area contributed by atoms with Crippen molar-refractivity contribution in [1.82, 2.24) is 4.98 Å². The van der Waals surface area contributed by atoms with Crippen LogP contribution in [0.25, 0.3) is 0 Å². The van der Waals surface area contributed by atoms with Gasteiger partial charge >= 0.3 is 0 Å². The van der Waals surface area contributed by atoms with E-state index in [1.165, 1.54) is 4.88 Å². The van der Waals surface area contributed by atoms with Crippen molar-refractivity contribution in [3.63, 3.8) is 0 Å². The summed E-state index contributed by atoms with van der Waals surface area (Å²) in [5, 5.41) is 0. The number of sulfone groups is 1. The Balaban J connectivity index is 1.92. The molecule has 0 amide bonds. The monoisotopic (exact) mass is 288 g/mol. The van der Waals surface area contributed by atoms with Crippen LogP contribution in [-0.4, -0.2) is 31.5 Å². The zero-order chi connectivity index (χ0) is 13.2. The molecule has 2 unspecified atom stereocenters. The maximum absolute atomic E-state index is 11.5. The van der Waals surface area contributed by atoms with E-state index in [1.807, 2.05) is 12.4 Å². The molecule has 2 atom stereocenters. The molecule has 1 saturated heterocycles. The average molecular weight is 288 g/mol. The van der Waals surface area contributed by atoms with Crippen LogP contribution in [0.4, 0.5) is 0 Å². The third-order valence-corrected chi connectivity index (χ3v) is 6.61. The number of aromatic nitrogens is 1. The molecule has 1 aliphatic rings. The van der Waals surface area contributed by atoms with Crippen LogP contribution in [-0.2, 0) is 16.3 Å². The first-order valence-corrected chi connectivity index (χ1v) is 9.01. The van der Waals surface area contributed by atoms with E-state index in [1.54, 1.807) is 11.3 Å². The van der Waals surface area contributed by atoms with Crippen molar-refractivity contribution in [3.05, 3.63) is 16.1 Å². The molecule has 18 heavy (non-hydrogen) atoms. The van der Waals surface area contributed by atoms with Crippen molar-refractivity contribution in [2.75, 3.05) is 18.1 Å². The summed E-state index contributed by atoms with van der Waals surface area (Å²) in [6.45, 7) is 2.60. The molecule has 4 nitrogen and oxygen atoms in total. The zero-order valence-electron chi connectivity index (χ0n) is 10.6. The quantitative estimate of drug-likeness (QED) is 0.888. The smallest absolute Gasteiger partial charge is 0.150 e. The van der Waals surface area contributed by atoms with Crippen LogP contribution in [0.1, 0.15) is 23.4 Å². The minimum Gasteiger partial charge on any atom is -0.330 e. The van der Waals surface area contributed by atoms with Crippen LogP contribution in [0, 0.1) is 18.8 Å². The molecule has 0 aliphatic carbocycles. The van der Waals surface area contributed by atoms with Crippen molar-refractivity contribution in [1.29, 1.82) is 0 Å². The SMILES string of the molecule is Cc1ncsc1CCC(CN)C1CCS(=O)(=O)C1. The second-order valence-electron chi connectivity index (χ2n) is 5.06. The summed E-state index contributed by atoms with van der Waals surface area (Å²) in [7, 11) is -2.80. The van der Waals surface area contributed by atoms with Crippen LogP contribution in [0.2, 0.25) is 0 Å². The maximum atomic E-state index is 11.5. The molecule has 1 aromatic heterocycles. The number of rotatable bonds is 5. The number of hydrogen-bond acceptors (Lipinski definition) is 5. The summed E-state index contributed by atoms with van der Waals surface area (Å²) in [6.07, 6.45) is 2.72. The first-order valence-electron chi connectivity index (χ1n) is 6.31. The Morgan fingerprint density at radius 1 is 1.61 bits per heavy atom. The maximum Gasteiger partial charge on any atom is 0.150 e. The van der Waals surface area contributed by atoms with Gasteiger partial charge < -0.3 is 5.73 Å². The van der Waals surface area contributed by atoms with Crippen LogP contribution < -0.4 is 5.73 Å². The lowest BCUT2D eigenvalue weighted by Gasteiger charge is -2.20. The fraction of sp³-hybridized carbons (Fsp3) is 0.750. The van der Waals surface area contributed by atoms with Crippen molar-refractivity contribution in [2.45, 2.75) is 26.2 Å². The number of hydrogen-bond donors (Lipinski definition) is 1. The Morgan fingerprint density at radius 2 is 2.39 bits per heavy atom. The molecule has 2 N–H and O–H groups in total. The van der Waals surface area contributed by atoms with Gasteiger partial charge in [0.15, 0.2) is 9.84 Å². The largest absolute Gasteiger partial charge is 0.330 e. The first kappa shape index (κ1) is 14.0. The molecule has 6 heteroatoms. The molecule has 2 rings (SSSR count). The summed E-state index contributed by atoms with van der Waals surface area (Å²) in [5.74, 6) is 1.25. The summed E-state index contributed by atoms with van der Waals surface area (Å²) in [6, 6.07) is 0. The summed E-state index contributed by atoms with van der Waals surface area (Å²) >= 11 is 1.67. The van der Waals surface area contributed by atoms with E-state index in [2.05, 4.69) is 4.98 Å². The third-order valence-electron chi connectivity index (χ3n) is 3.82. The van der Waals surface area contributed by atoms with E-state index in [9.17, 15) is 8.42 Å². The van der Waals surface area contributed by atoms with Gasteiger partial charge in [-0.3, -0.25) is 0 Å². The van der Waals surface area contributed by atoms with Gasteiger partial charge in [0.05, 0.1) is 22.7 Å². The number of nitrogens with two attached hydrogens (primary N) is 1. The Kier molecular flexibility index (Phi) is 4.40. The van der Waals surface area contributed by atoms with Gasteiger partial charge in [-0.15, -0.1) is 11.3 Å². The van der Waals surface area contributed by atoms with E-state index < -0.39 is 9.84 Å². The van der Waals surface area contributed by atoms with E-state index >= 15 is 0 Å². The second kappa shape index (κ2) is 5.67. The van der Waals surface area contributed by atoms with E-state index in [0.29, 0.717) is 24.0 Å². The Hall–Kier alpha value is -0.460. The van der Waals surface area contributed by atoms with Crippen molar-refractivity contribution in [2.24, 2.45) is 17.6 Å². The van der Waals surface area contributed by atoms with Gasteiger partial charge in [-0.1, -0.05) is 0 Å². The van der Waals surface area contributed by atoms with Gasteiger partial charge in [0, 0.05) is 4.88 Å². The molecule has 2 heterocycles. The molecule has 1 aliphatic heterocycles.